The topological polar surface area (TPSA) is 497 Å². The lowest BCUT2D eigenvalue weighted by atomic mass is 9.39. The van der Waals surface area contributed by atoms with E-state index in [0.29, 0.717) is 233 Å². The van der Waals surface area contributed by atoms with Crippen LogP contribution in [0.25, 0.3) is 43.4 Å². The van der Waals surface area contributed by atoms with Crippen molar-refractivity contribution in [1.29, 1.82) is 0 Å². The molecule has 4 bridgehead atoms. The Morgan fingerprint density at radius 1 is 0.621 bits per heavy atom. The molecule has 4 saturated carbocycles. The number of aromatic carboxylic acids is 1. The Labute approximate surface area is 815 Å². The van der Waals surface area contributed by atoms with Gasteiger partial charge in [0.2, 0.25) is 12.2 Å². The van der Waals surface area contributed by atoms with Gasteiger partial charge in [0.25, 0.3) is 27.8 Å². The molecule has 760 valence electrons. The number of carbonyl (C=O) groups is 7. The van der Waals surface area contributed by atoms with Crippen molar-refractivity contribution in [3.05, 3.63) is 167 Å². The van der Waals surface area contributed by atoms with Crippen LogP contribution in [0.4, 0.5) is 9.93 Å². The number of rotatable bonds is 62. The summed E-state index contributed by atoms with van der Waals surface area (Å²) in [5.41, 5.74) is 3.46. The third kappa shape index (κ3) is 30.3. The third-order valence-electron chi connectivity index (χ3n) is 25.0. The van der Waals surface area contributed by atoms with Gasteiger partial charge in [0.1, 0.15) is 49.1 Å². The number of pyridine rings is 1. The number of aliphatic hydroxyl groups excluding tert-OH is 3. The van der Waals surface area contributed by atoms with Gasteiger partial charge < -0.3 is 112 Å². The summed E-state index contributed by atoms with van der Waals surface area (Å²) in [6.45, 7) is 15.0. The molecule has 2 unspecified atom stereocenters. The number of carboxylic acids is 2. The number of benzene rings is 5. The molecule has 8 atom stereocenters. The number of fused-ring (bicyclic) bond motifs is 2. The van der Waals surface area contributed by atoms with Crippen LogP contribution in [-0.4, -0.2) is 337 Å². The second-order valence-corrected chi connectivity index (χ2v) is 38.8. The van der Waals surface area contributed by atoms with Crippen LogP contribution in [0.3, 0.4) is 0 Å². The summed E-state index contributed by atoms with van der Waals surface area (Å²) in [6.07, 6.45) is -1.65. The first-order valence-electron chi connectivity index (χ1n) is 47.0. The highest BCUT2D eigenvalue weighted by Gasteiger charge is 2.66. The van der Waals surface area contributed by atoms with Gasteiger partial charge in [0, 0.05) is 85.4 Å². The van der Waals surface area contributed by atoms with Gasteiger partial charge in [0.05, 0.1) is 179 Å². The predicted molar refractivity (Wildman–Crippen MR) is 509 cm³/mol. The van der Waals surface area contributed by atoms with Crippen LogP contribution in [0, 0.1) is 23.2 Å². The molecule has 4 aliphatic carbocycles. The van der Waals surface area contributed by atoms with Crippen LogP contribution >= 0.6 is 11.3 Å². The van der Waals surface area contributed by atoms with E-state index in [2.05, 4.69) is 29.5 Å². The first-order chi connectivity index (χ1) is 67.5. The van der Waals surface area contributed by atoms with Crippen LogP contribution in [0.1, 0.15) is 108 Å². The second-order valence-electron chi connectivity index (χ2n) is 36.2. The monoisotopic (exact) mass is 1990 g/mol. The molecule has 140 heavy (non-hydrogen) atoms. The number of nitrogens with zero attached hydrogens (tertiary/aromatic N) is 6. The second kappa shape index (κ2) is 51.5. The quantitative estimate of drug-likeness (QED) is 0.0100. The molecule has 5 amide bonds. The van der Waals surface area contributed by atoms with Crippen LogP contribution in [0.2, 0.25) is 0 Å². The van der Waals surface area contributed by atoms with Crippen molar-refractivity contribution in [2.75, 3.05) is 190 Å². The smallest absolute Gasteiger partial charge is 0.410 e. The average molecular weight is 1990 g/mol. The predicted octanol–water partition coefficient (Wildman–Crippen LogP) is 8.73. The molecule has 8 aromatic rings. The Hall–Kier alpha value is -10.5. The largest absolute Gasteiger partial charge is 0.491 e. The number of carbonyl (C=O) groups excluding carboxylic acids is 5. The van der Waals surface area contributed by atoms with E-state index in [1.165, 1.54) is 23.5 Å². The number of aliphatic carboxylic acids is 1. The van der Waals surface area contributed by atoms with Gasteiger partial charge in [-0.25, -0.2) is 24.4 Å². The molecule has 8 N–H and O–H groups in total. The lowest BCUT2D eigenvalue weighted by Crippen LogP contribution is -2.64. The molecule has 3 aromatic heterocycles. The first kappa shape index (κ1) is 107. The number of para-hydroxylation sites is 1. The fourth-order valence-electron chi connectivity index (χ4n) is 19.6. The minimum Gasteiger partial charge on any atom is -0.491 e. The van der Waals surface area contributed by atoms with E-state index in [0.717, 1.165) is 62.5 Å². The standard InChI is InChI=1S/C99H126N8O31S2/c1-66-76(73-23-24-77(102-84(73)91(115)116)70-20-19-69-11-9-12-74(75(69)56-70)89(113)104-94-103-78-13-5-6-14-81(78)139-94)57-101-106(66)65-98-60-96(2)59-97(3,61-98)63-99(62-96,64-98)136-30-28-105(29-53-140(120,121)122)95(119)135-58-71-18-15-67(55-80(71)137-93-87(112)85(110)86(111)88(138-93)92(117)118)10-7-8-27-100-90(114)79(107-82(108)25-26-83(107)109)54-68-16-21-72(22-17-68)134-52-51-133-50-49-132-48-47-131-46-45-130-44-43-129-42-41-128-40-39-127-38-37-126-36-35-125-34-33-124-32-31-123-4/h5-6,9,11-26,55-57,79,85-88,93,110-112H,7-8,10,27-54,58-65H2,1-4H3,(H,100,114)(H,115,116)(H,117,118)(H,103,104,113)(H,120,121,122)/t79-,85-,86-,87+,88-,93+,96?,97?,98?,99?/m0/s1. The summed E-state index contributed by atoms with van der Waals surface area (Å²) in [4.78, 5) is 105. The van der Waals surface area contributed by atoms with Gasteiger partial charge >= 0.3 is 18.0 Å². The van der Waals surface area contributed by atoms with Crippen molar-refractivity contribution in [3.63, 3.8) is 0 Å². The summed E-state index contributed by atoms with van der Waals surface area (Å²) in [5.74, 6) is -5.64. The maximum Gasteiger partial charge on any atom is 0.410 e. The lowest BCUT2D eigenvalue weighted by molar-refractivity contribution is -0.271. The Morgan fingerprint density at radius 2 is 1.22 bits per heavy atom. The zero-order valence-corrected chi connectivity index (χ0v) is 80.8. The van der Waals surface area contributed by atoms with Crippen LogP contribution in [-0.2, 0) is 122 Å². The molecule has 6 aliphatic rings. The van der Waals surface area contributed by atoms with Gasteiger partial charge in [0.15, 0.2) is 16.9 Å². The van der Waals surface area contributed by atoms with Crippen LogP contribution < -0.4 is 20.1 Å². The van der Waals surface area contributed by atoms with Gasteiger partial charge in [-0.05, 0) is 157 Å². The number of amides is 5. The summed E-state index contributed by atoms with van der Waals surface area (Å²) in [7, 11) is -3.02. The zero-order valence-electron chi connectivity index (χ0n) is 79.1. The number of imide groups is 1. The average Bonchev–Trinajstić information content (AvgIpc) is 0.795. The number of unbranched alkanes of at least 4 members (excludes halogenated alkanes) is 1. The number of ether oxygens (including phenoxy) is 16. The van der Waals surface area contributed by atoms with E-state index < -0.39 is 107 Å². The number of hydrogen-bond acceptors (Lipinski definition) is 32. The molecule has 0 spiro atoms. The number of carboxylic acid groups (broad SMARTS) is 2. The number of anilines is 1. The Morgan fingerprint density at radius 3 is 1.81 bits per heavy atom. The SMILES string of the molecule is COCCOCCOCCOCCOCCOCCOCCOCCOCCOCCOCCOc1ccc(C[C@@H](C(=O)NCCCCc2ccc(COC(=O)N(CCOC34CC5(C)CC(C)(CC(Cn6ncc(-c7ccc(-c8ccc9cccc(C(=O)Nc%10nc%11ccccc%11s%10)c9c8)nc7C(=O)O)c6C)(C5)C3)C4)CCS(=O)(=O)O)c(O[C@@H]3O[C@H](C(=O)O)[C@@H](O)[C@H](O)[C@H]3O)c2)N2C(=O)C=CC2=O)cc1. The Bertz CT molecular complexity index is 5560. The number of methoxy groups -OCH3 is 1. The molecule has 14 rings (SSSR count). The van der Waals surface area contributed by atoms with Crippen molar-refractivity contribution >= 4 is 89.2 Å². The maximum atomic E-state index is 14.4. The van der Waals surface area contributed by atoms with E-state index in [-0.39, 0.29) is 78.5 Å². The van der Waals surface area contributed by atoms with Crippen molar-refractivity contribution in [2.24, 2.45) is 16.2 Å². The molecule has 41 heteroatoms. The molecule has 5 fully saturated rings. The van der Waals surface area contributed by atoms with Crippen molar-refractivity contribution in [3.8, 4) is 33.9 Å². The lowest BCUT2D eigenvalue weighted by Gasteiger charge is -2.69. The highest BCUT2D eigenvalue weighted by atomic mass is 32.2. The summed E-state index contributed by atoms with van der Waals surface area (Å²) >= 11 is 1.37. The van der Waals surface area contributed by atoms with Gasteiger partial charge in [-0.1, -0.05) is 85.8 Å². The summed E-state index contributed by atoms with van der Waals surface area (Å²) in [5, 5.41) is 65.9. The minimum absolute atomic E-state index is 0.0241. The number of nitrogens with one attached hydrogen (secondary N) is 2. The summed E-state index contributed by atoms with van der Waals surface area (Å²) < 4.78 is 128. The molecular weight excluding hydrogens is 1860 g/mol. The Kier molecular flexibility index (Phi) is 39.3. The summed E-state index contributed by atoms with van der Waals surface area (Å²) in [6, 6.07) is 32.4. The van der Waals surface area contributed by atoms with E-state index in [9.17, 15) is 72.1 Å². The first-order valence-corrected chi connectivity index (χ1v) is 49.4. The third-order valence-corrected chi connectivity index (χ3v) is 26.7. The van der Waals surface area contributed by atoms with Crippen molar-refractivity contribution in [1.82, 2.24) is 34.9 Å². The molecule has 39 nitrogen and oxygen atoms in total. The zero-order chi connectivity index (χ0) is 99.2. The minimum atomic E-state index is -4.65. The number of hydrogen-bond donors (Lipinski definition) is 8. The highest BCUT2D eigenvalue weighted by molar-refractivity contribution is 7.85. The molecule has 0 radical (unpaired) electrons. The van der Waals surface area contributed by atoms with Gasteiger partial charge in [-0.3, -0.25) is 38.6 Å². The van der Waals surface area contributed by atoms with Gasteiger partial charge in [-0.15, -0.1) is 0 Å². The van der Waals surface area contributed by atoms with Crippen molar-refractivity contribution in [2.45, 2.75) is 140 Å². The molecule has 5 heterocycles. The van der Waals surface area contributed by atoms with E-state index in [4.69, 9.17) is 85.9 Å². The van der Waals surface area contributed by atoms with Gasteiger partial charge in [-0.2, -0.15) is 13.5 Å². The van der Waals surface area contributed by atoms with Crippen LogP contribution in [0.15, 0.2) is 134 Å². The van der Waals surface area contributed by atoms with E-state index in [1.54, 1.807) is 67.9 Å². The number of aliphatic hydroxyl groups is 3. The maximum absolute atomic E-state index is 14.4. The van der Waals surface area contributed by atoms with Crippen LogP contribution in [0.5, 0.6) is 11.5 Å². The highest BCUT2D eigenvalue weighted by Crippen LogP contribution is 2.72. The van der Waals surface area contributed by atoms with E-state index >= 15 is 0 Å². The molecule has 5 aromatic carbocycles. The normalized spacial score (nSPS) is 21.2. The number of aromatic nitrogens is 4. The number of thiazole rings is 1. The fourth-order valence-corrected chi connectivity index (χ4v) is 20.9. The van der Waals surface area contributed by atoms with E-state index in [1.807, 2.05) is 60.1 Å². The molecule has 2 aliphatic heterocycles. The molecule has 1 saturated heterocycles. The Balaban J connectivity index is 0.551. The fraction of sp³-hybridized carbons (Fsp3) is 0.535. The van der Waals surface area contributed by atoms with Crippen molar-refractivity contribution < 1.29 is 148 Å². The molecular formula is C99H126N8O31S2. The number of aryl methyl sites for hydroxylation is 1.